The van der Waals surface area contributed by atoms with Crippen molar-refractivity contribution in [2.24, 2.45) is 12.8 Å². The zero-order chi connectivity index (χ0) is 11.3. The second-order valence-corrected chi connectivity index (χ2v) is 3.17. The molecule has 15 heavy (non-hydrogen) atoms. The van der Waals surface area contributed by atoms with Gasteiger partial charge in [-0.3, -0.25) is 9.48 Å². The van der Waals surface area contributed by atoms with Gasteiger partial charge in [-0.1, -0.05) is 0 Å². The average Bonchev–Trinajstić information content (AvgIpc) is 2.64. The van der Waals surface area contributed by atoms with Crippen LogP contribution in [0.3, 0.4) is 0 Å². The Kier molecular flexibility index (Phi) is 3.89. The molecule has 1 aromatic heterocycles. The lowest BCUT2D eigenvalue weighted by Crippen LogP contribution is -2.34. The van der Waals surface area contributed by atoms with Crippen LogP contribution in [-0.4, -0.2) is 22.2 Å². The Balaban J connectivity index is 2.50. The molecule has 1 rings (SSSR count). The van der Waals surface area contributed by atoms with Gasteiger partial charge in [-0.25, -0.2) is 0 Å². The standard InChI is InChI=1S/C10H14N4O/c1-3-4-5-12-10(15)9(11)8-6-13-14(2)7-8/h1,6-7,9H,4-5,11H2,2H3,(H,12,15). The Morgan fingerprint density at radius 3 is 3.13 bits per heavy atom. The molecule has 80 valence electrons. The molecule has 0 aliphatic heterocycles. The van der Waals surface area contributed by atoms with Gasteiger partial charge < -0.3 is 11.1 Å². The second kappa shape index (κ2) is 5.17. The number of hydrogen-bond acceptors (Lipinski definition) is 3. The molecule has 1 heterocycles. The van der Waals surface area contributed by atoms with Crippen LogP contribution in [0, 0.1) is 12.3 Å². The van der Waals surface area contributed by atoms with Gasteiger partial charge in [-0.15, -0.1) is 12.3 Å². The lowest BCUT2D eigenvalue weighted by Gasteiger charge is -2.08. The smallest absolute Gasteiger partial charge is 0.241 e. The summed E-state index contributed by atoms with van der Waals surface area (Å²) in [4.78, 5) is 11.5. The summed E-state index contributed by atoms with van der Waals surface area (Å²) < 4.78 is 1.60. The summed E-state index contributed by atoms with van der Waals surface area (Å²) in [6.45, 7) is 0.448. The minimum absolute atomic E-state index is 0.238. The van der Waals surface area contributed by atoms with Crippen molar-refractivity contribution in [2.75, 3.05) is 6.54 Å². The largest absolute Gasteiger partial charge is 0.353 e. The van der Waals surface area contributed by atoms with Gasteiger partial charge in [0.1, 0.15) is 6.04 Å². The zero-order valence-electron chi connectivity index (χ0n) is 8.60. The van der Waals surface area contributed by atoms with Gasteiger partial charge >= 0.3 is 0 Å². The van der Waals surface area contributed by atoms with Gasteiger partial charge in [-0.05, 0) is 0 Å². The molecule has 3 N–H and O–H groups in total. The number of aryl methyl sites for hydroxylation is 1. The van der Waals surface area contributed by atoms with E-state index in [0.29, 0.717) is 18.5 Å². The van der Waals surface area contributed by atoms with Gasteiger partial charge in [0, 0.05) is 31.8 Å². The molecule has 0 fully saturated rings. The van der Waals surface area contributed by atoms with Crippen molar-refractivity contribution in [1.29, 1.82) is 0 Å². The van der Waals surface area contributed by atoms with Crippen LogP contribution in [0.4, 0.5) is 0 Å². The highest BCUT2D eigenvalue weighted by molar-refractivity contribution is 5.82. The number of terminal acetylenes is 1. The molecule has 0 spiro atoms. The number of amides is 1. The molecule has 1 atom stereocenters. The molecular formula is C10H14N4O. The number of nitrogens with two attached hydrogens (primary N) is 1. The molecule has 1 amide bonds. The SMILES string of the molecule is C#CCCNC(=O)C(N)c1cnn(C)c1. The predicted octanol–water partition coefficient (Wildman–Crippen LogP) is -0.441. The fourth-order valence-electron chi connectivity index (χ4n) is 1.12. The van der Waals surface area contributed by atoms with Crippen molar-refractivity contribution in [1.82, 2.24) is 15.1 Å². The molecule has 0 saturated heterocycles. The van der Waals surface area contributed by atoms with Crippen molar-refractivity contribution < 1.29 is 4.79 Å². The van der Waals surface area contributed by atoms with E-state index in [1.165, 1.54) is 0 Å². The van der Waals surface area contributed by atoms with Crippen molar-refractivity contribution in [2.45, 2.75) is 12.5 Å². The zero-order valence-corrected chi connectivity index (χ0v) is 8.60. The molecule has 0 saturated carbocycles. The van der Waals surface area contributed by atoms with Gasteiger partial charge in [0.15, 0.2) is 0 Å². The maximum Gasteiger partial charge on any atom is 0.241 e. The maximum absolute atomic E-state index is 11.5. The first kappa shape index (κ1) is 11.3. The first-order chi connectivity index (χ1) is 7.15. The van der Waals surface area contributed by atoms with Crippen LogP contribution >= 0.6 is 0 Å². The number of hydrogen-bond donors (Lipinski definition) is 2. The summed E-state index contributed by atoms with van der Waals surface area (Å²) in [5.74, 6) is 2.20. The summed E-state index contributed by atoms with van der Waals surface area (Å²) in [7, 11) is 1.77. The van der Waals surface area contributed by atoms with Gasteiger partial charge in [0.05, 0.1) is 6.20 Å². The number of carbonyl (C=O) groups is 1. The van der Waals surface area contributed by atoms with E-state index >= 15 is 0 Å². The molecule has 0 aliphatic rings. The monoisotopic (exact) mass is 206 g/mol. The summed E-state index contributed by atoms with van der Waals surface area (Å²) in [6.07, 6.45) is 8.85. The van der Waals surface area contributed by atoms with Crippen LogP contribution in [0.2, 0.25) is 0 Å². The number of nitrogens with zero attached hydrogens (tertiary/aromatic N) is 2. The molecule has 5 nitrogen and oxygen atoms in total. The van der Waals surface area contributed by atoms with Crippen LogP contribution in [0.1, 0.15) is 18.0 Å². The van der Waals surface area contributed by atoms with Crippen molar-refractivity contribution in [3.63, 3.8) is 0 Å². The minimum atomic E-state index is -0.684. The van der Waals surface area contributed by atoms with E-state index in [4.69, 9.17) is 12.2 Å². The first-order valence-corrected chi connectivity index (χ1v) is 4.60. The third kappa shape index (κ3) is 3.11. The number of aromatic nitrogens is 2. The van der Waals surface area contributed by atoms with E-state index in [9.17, 15) is 4.79 Å². The molecule has 0 bridgehead atoms. The third-order valence-corrected chi connectivity index (χ3v) is 1.94. The number of nitrogens with one attached hydrogen (secondary N) is 1. The Hall–Kier alpha value is -1.80. The Morgan fingerprint density at radius 2 is 2.60 bits per heavy atom. The molecule has 0 radical (unpaired) electrons. The molecule has 0 aromatic carbocycles. The van der Waals surface area contributed by atoms with Crippen LogP contribution in [-0.2, 0) is 11.8 Å². The molecular weight excluding hydrogens is 192 g/mol. The van der Waals surface area contributed by atoms with Gasteiger partial charge in [0.2, 0.25) is 5.91 Å². The van der Waals surface area contributed by atoms with E-state index in [1.807, 2.05) is 0 Å². The van der Waals surface area contributed by atoms with Gasteiger partial charge in [-0.2, -0.15) is 5.10 Å². The fraction of sp³-hybridized carbons (Fsp3) is 0.400. The van der Waals surface area contributed by atoms with Crippen LogP contribution in [0.5, 0.6) is 0 Å². The Labute approximate surface area is 88.6 Å². The lowest BCUT2D eigenvalue weighted by atomic mass is 10.1. The normalized spacial score (nSPS) is 11.8. The number of rotatable bonds is 4. The van der Waals surface area contributed by atoms with Crippen molar-refractivity contribution in [3.8, 4) is 12.3 Å². The predicted molar refractivity (Wildman–Crippen MR) is 56.6 cm³/mol. The highest BCUT2D eigenvalue weighted by Crippen LogP contribution is 2.07. The van der Waals surface area contributed by atoms with Crippen molar-refractivity contribution >= 4 is 5.91 Å². The molecule has 5 heteroatoms. The van der Waals surface area contributed by atoms with Crippen LogP contribution in [0.15, 0.2) is 12.4 Å². The Morgan fingerprint density at radius 1 is 1.87 bits per heavy atom. The van der Waals surface area contributed by atoms with Crippen molar-refractivity contribution in [3.05, 3.63) is 18.0 Å². The topological polar surface area (TPSA) is 72.9 Å². The molecule has 0 aliphatic carbocycles. The fourth-order valence-corrected chi connectivity index (χ4v) is 1.12. The Bertz CT molecular complexity index is 377. The number of carbonyl (C=O) groups excluding carboxylic acids is 1. The van der Waals surface area contributed by atoms with E-state index < -0.39 is 6.04 Å². The summed E-state index contributed by atoms with van der Waals surface area (Å²) >= 11 is 0. The van der Waals surface area contributed by atoms with E-state index in [2.05, 4.69) is 16.3 Å². The van der Waals surface area contributed by atoms with Crippen LogP contribution < -0.4 is 11.1 Å². The molecule has 1 unspecified atom stereocenters. The summed E-state index contributed by atoms with van der Waals surface area (Å²) in [6, 6.07) is -0.684. The summed E-state index contributed by atoms with van der Waals surface area (Å²) in [5, 5.41) is 6.59. The van der Waals surface area contributed by atoms with Gasteiger partial charge in [0.25, 0.3) is 0 Å². The lowest BCUT2D eigenvalue weighted by molar-refractivity contribution is -0.122. The van der Waals surface area contributed by atoms with E-state index in [1.54, 1.807) is 24.1 Å². The quantitative estimate of drug-likeness (QED) is 0.518. The molecule has 1 aromatic rings. The average molecular weight is 206 g/mol. The van der Waals surface area contributed by atoms with Crippen LogP contribution in [0.25, 0.3) is 0 Å². The second-order valence-electron chi connectivity index (χ2n) is 3.17. The minimum Gasteiger partial charge on any atom is -0.353 e. The third-order valence-electron chi connectivity index (χ3n) is 1.94. The highest BCUT2D eigenvalue weighted by Gasteiger charge is 2.16. The van der Waals surface area contributed by atoms with E-state index in [0.717, 1.165) is 0 Å². The summed E-state index contributed by atoms with van der Waals surface area (Å²) in [5.41, 5.74) is 6.41. The van der Waals surface area contributed by atoms with E-state index in [-0.39, 0.29) is 5.91 Å². The first-order valence-electron chi connectivity index (χ1n) is 4.60. The highest BCUT2D eigenvalue weighted by atomic mass is 16.2. The maximum atomic E-state index is 11.5.